The molecule has 1 heterocycles. The predicted octanol–water partition coefficient (Wildman–Crippen LogP) is 8.11. The van der Waals surface area contributed by atoms with Crippen LogP contribution in [0.2, 0.25) is 10.0 Å². The molecule has 1 aromatic rings. The quantitative estimate of drug-likeness (QED) is 0.201. The van der Waals surface area contributed by atoms with Crippen LogP contribution in [0.4, 0.5) is 5.69 Å². The van der Waals surface area contributed by atoms with E-state index in [0.717, 1.165) is 36.5 Å². The summed E-state index contributed by atoms with van der Waals surface area (Å²) >= 11 is 12.3. The second kappa shape index (κ2) is 14.7. The highest BCUT2D eigenvalue weighted by Gasteiger charge is 2.44. The van der Waals surface area contributed by atoms with Gasteiger partial charge in [0, 0.05) is 15.7 Å². The molecule has 1 N–H and O–H groups in total. The van der Waals surface area contributed by atoms with E-state index in [2.05, 4.69) is 39.9 Å². The summed E-state index contributed by atoms with van der Waals surface area (Å²) in [6.45, 7) is 13.7. The van der Waals surface area contributed by atoms with Crippen LogP contribution in [0, 0.1) is 5.92 Å². The van der Waals surface area contributed by atoms with Crippen LogP contribution in [-0.2, 0) is 9.53 Å². The van der Waals surface area contributed by atoms with E-state index in [-0.39, 0.29) is 24.2 Å². The minimum Gasteiger partial charge on any atom is -0.364 e. The first kappa shape index (κ1) is 29.4. The number of ether oxygens (including phenoxy) is 1. The summed E-state index contributed by atoms with van der Waals surface area (Å²) < 4.78 is 6.82. The van der Waals surface area contributed by atoms with Crippen molar-refractivity contribution in [1.82, 2.24) is 0 Å². The van der Waals surface area contributed by atoms with Gasteiger partial charge in [-0.2, -0.15) is 0 Å². The maximum atomic E-state index is 13.3. The average molecular weight is 515 g/mol. The van der Waals surface area contributed by atoms with E-state index in [0.29, 0.717) is 15.7 Å². The van der Waals surface area contributed by atoms with Gasteiger partial charge in [-0.1, -0.05) is 82.0 Å². The summed E-state index contributed by atoms with van der Waals surface area (Å²) in [7, 11) is 0. The molecule has 1 fully saturated rings. The molecule has 0 spiro atoms. The third kappa shape index (κ3) is 10.0. The number of hydrogen-bond acceptors (Lipinski definition) is 2. The lowest BCUT2D eigenvalue weighted by Crippen LogP contribution is -2.67. The zero-order chi connectivity index (χ0) is 25.1. The van der Waals surface area contributed by atoms with Gasteiger partial charge in [-0.25, -0.2) is 0 Å². The number of amides is 1. The summed E-state index contributed by atoms with van der Waals surface area (Å²) in [6, 6.07) is 4.99. The highest BCUT2D eigenvalue weighted by molar-refractivity contribution is 6.35. The predicted molar refractivity (Wildman–Crippen MR) is 146 cm³/mol. The SMILES string of the molecule is CC(C)CCCCCCCCCC[N+]1(C(C)C(=O)Nc2cc(Cl)cc(Cl)c2)CC(C)OC(C)C1. The number of benzene rings is 1. The van der Waals surface area contributed by atoms with Crippen LogP contribution in [0.15, 0.2) is 18.2 Å². The number of nitrogens with one attached hydrogen (secondary N) is 1. The van der Waals surface area contributed by atoms with Crippen LogP contribution < -0.4 is 5.32 Å². The van der Waals surface area contributed by atoms with Crippen LogP contribution >= 0.6 is 23.2 Å². The van der Waals surface area contributed by atoms with E-state index in [9.17, 15) is 4.79 Å². The molecule has 3 unspecified atom stereocenters. The smallest absolute Gasteiger partial charge is 0.282 e. The fourth-order valence-corrected chi connectivity index (χ4v) is 5.96. The van der Waals surface area contributed by atoms with Crippen molar-refractivity contribution in [3.8, 4) is 0 Å². The van der Waals surface area contributed by atoms with Crippen molar-refractivity contribution in [2.75, 3.05) is 25.0 Å². The Morgan fingerprint density at radius 3 is 1.94 bits per heavy atom. The highest BCUT2D eigenvalue weighted by atomic mass is 35.5. The minimum atomic E-state index is -0.174. The second-order valence-electron chi connectivity index (χ2n) is 10.9. The first-order valence-corrected chi connectivity index (χ1v) is 14.1. The van der Waals surface area contributed by atoms with Crippen LogP contribution in [0.5, 0.6) is 0 Å². The fourth-order valence-electron chi connectivity index (χ4n) is 5.44. The van der Waals surface area contributed by atoms with Crippen LogP contribution in [0.3, 0.4) is 0 Å². The van der Waals surface area contributed by atoms with Gasteiger partial charge >= 0.3 is 0 Å². The Hall–Kier alpha value is -0.810. The van der Waals surface area contributed by atoms with Gasteiger partial charge in [0.15, 0.2) is 6.04 Å². The molecule has 2 rings (SSSR count). The van der Waals surface area contributed by atoms with E-state index in [1.165, 1.54) is 51.4 Å². The Morgan fingerprint density at radius 1 is 0.912 bits per heavy atom. The Balaban J connectivity index is 1.87. The molecule has 194 valence electrons. The molecular formula is C28H47Cl2N2O2+. The van der Waals surface area contributed by atoms with Gasteiger partial charge < -0.3 is 14.5 Å². The first-order valence-electron chi connectivity index (χ1n) is 13.4. The first-order chi connectivity index (χ1) is 16.1. The molecule has 0 saturated carbocycles. The van der Waals surface area contributed by atoms with Gasteiger partial charge in [0.05, 0.1) is 6.54 Å². The maximum absolute atomic E-state index is 13.3. The number of unbranched alkanes of at least 4 members (excludes halogenated alkanes) is 7. The molecular weight excluding hydrogens is 467 g/mol. The standard InChI is InChI=1S/C28H46Cl2N2O2/c1-21(2)14-12-10-8-6-7-9-11-13-15-32(19-22(3)34-23(4)20-32)24(5)28(33)31-27-17-25(29)16-26(30)18-27/h16-18,21-24H,6-15,19-20H2,1-5H3/p+1. The summed E-state index contributed by atoms with van der Waals surface area (Å²) in [5, 5.41) is 4.10. The number of quaternary nitrogens is 1. The third-order valence-corrected chi connectivity index (χ3v) is 7.61. The number of nitrogens with zero attached hydrogens (tertiary/aromatic N) is 1. The second-order valence-corrected chi connectivity index (χ2v) is 11.8. The Morgan fingerprint density at radius 2 is 1.41 bits per heavy atom. The van der Waals surface area contributed by atoms with Gasteiger partial charge in [-0.15, -0.1) is 0 Å². The molecule has 3 atom stereocenters. The lowest BCUT2D eigenvalue weighted by molar-refractivity contribution is -0.953. The van der Waals surface area contributed by atoms with Crippen molar-refractivity contribution in [2.45, 2.75) is 111 Å². The Bertz CT molecular complexity index is 726. The molecule has 4 nitrogen and oxygen atoms in total. The lowest BCUT2D eigenvalue weighted by Gasteiger charge is -2.49. The molecule has 1 aromatic carbocycles. The van der Waals surface area contributed by atoms with Crippen molar-refractivity contribution in [2.24, 2.45) is 5.92 Å². The molecule has 1 amide bonds. The molecule has 0 bridgehead atoms. The third-order valence-electron chi connectivity index (χ3n) is 7.17. The van der Waals surface area contributed by atoms with Gasteiger partial charge in [0.1, 0.15) is 25.3 Å². The molecule has 6 heteroatoms. The minimum absolute atomic E-state index is 0.0148. The number of morpholine rings is 1. The summed E-state index contributed by atoms with van der Waals surface area (Å²) in [5.41, 5.74) is 0.648. The number of anilines is 1. The van der Waals surface area contributed by atoms with Crippen LogP contribution in [0.25, 0.3) is 0 Å². The van der Waals surface area contributed by atoms with Gasteiger partial charge in [0.2, 0.25) is 0 Å². The molecule has 1 aliphatic rings. The zero-order valence-electron chi connectivity index (χ0n) is 22.0. The van der Waals surface area contributed by atoms with Gasteiger partial charge in [0.25, 0.3) is 5.91 Å². The van der Waals surface area contributed by atoms with E-state index >= 15 is 0 Å². The summed E-state index contributed by atoms with van der Waals surface area (Å²) in [5.74, 6) is 0.842. The Kier molecular flexibility index (Phi) is 12.7. The molecule has 0 aromatic heterocycles. The number of rotatable bonds is 14. The Labute approximate surface area is 218 Å². The number of carbonyl (C=O) groups excluding carboxylic acids is 1. The largest absolute Gasteiger partial charge is 0.364 e. The molecule has 0 aliphatic carbocycles. The van der Waals surface area contributed by atoms with Crippen molar-refractivity contribution in [3.63, 3.8) is 0 Å². The van der Waals surface area contributed by atoms with Crippen LogP contribution in [-0.4, -0.2) is 48.3 Å². The van der Waals surface area contributed by atoms with Gasteiger partial charge in [-0.05, 0) is 57.7 Å². The van der Waals surface area contributed by atoms with Crippen molar-refractivity contribution in [1.29, 1.82) is 0 Å². The zero-order valence-corrected chi connectivity index (χ0v) is 23.6. The molecule has 34 heavy (non-hydrogen) atoms. The van der Waals surface area contributed by atoms with Crippen LogP contribution in [0.1, 0.15) is 92.4 Å². The molecule has 1 aliphatic heterocycles. The van der Waals surface area contributed by atoms with Crippen molar-refractivity contribution in [3.05, 3.63) is 28.2 Å². The maximum Gasteiger partial charge on any atom is 0.282 e. The summed E-state index contributed by atoms with van der Waals surface area (Å²) in [4.78, 5) is 13.3. The number of halogens is 2. The van der Waals surface area contributed by atoms with E-state index in [4.69, 9.17) is 27.9 Å². The number of hydrogen-bond donors (Lipinski definition) is 1. The normalized spacial score (nSPS) is 23.8. The lowest BCUT2D eigenvalue weighted by atomic mass is 10.0. The van der Waals surface area contributed by atoms with E-state index < -0.39 is 0 Å². The molecule has 1 saturated heterocycles. The fraction of sp³-hybridized carbons (Fsp3) is 0.750. The summed E-state index contributed by atoms with van der Waals surface area (Å²) in [6.07, 6.45) is 12.1. The van der Waals surface area contributed by atoms with Crippen molar-refractivity contribution < 1.29 is 14.0 Å². The molecule has 0 radical (unpaired) electrons. The monoisotopic (exact) mass is 513 g/mol. The van der Waals surface area contributed by atoms with E-state index in [1.807, 2.05) is 0 Å². The van der Waals surface area contributed by atoms with Crippen molar-refractivity contribution >= 4 is 34.8 Å². The average Bonchev–Trinajstić information content (AvgIpc) is 2.72. The number of carbonyl (C=O) groups is 1. The van der Waals surface area contributed by atoms with E-state index in [1.54, 1.807) is 18.2 Å². The highest BCUT2D eigenvalue weighted by Crippen LogP contribution is 2.28. The van der Waals surface area contributed by atoms with Gasteiger partial charge in [-0.3, -0.25) is 4.79 Å². The topological polar surface area (TPSA) is 38.3 Å².